The summed E-state index contributed by atoms with van der Waals surface area (Å²) < 4.78 is 5.26. The first-order valence-corrected chi connectivity index (χ1v) is 6.93. The van der Waals surface area contributed by atoms with E-state index in [4.69, 9.17) is 4.74 Å². The number of amides is 2. The van der Waals surface area contributed by atoms with Gasteiger partial charge in [0.2, 0.25) is 5.91 Å². The van der Waals surface area contributed by atoms with Crippen LogP contribution in [0.25, 0.3) is 0 Å². The summed E-state index contributed by atoms with van der Waals surface area (Å²) in [6.07, 6.45) is 1.19. The molecule has 114 valence electrons. The van der Waals surface area contributed by atoms with Crippen molar-refractivity contribution in [2.24, 2.45) is 0 Å². The minimum absolute atomic E-state index is 0.105. The fourth-order valence-corrected chi connectivity index (χ4v) is 2.31. The van der Waals surface area contributed by atoms with Gasteiger partial charge in [0, 0.05) is 31.4 Å². The highest BCUT2D eigenvalue weighted by molar-refractivity contribution is 5.95. The number of anilines is 1. The maximum absolute atomic E-state index is 12.3. The van der Waals surface area contributed by atoms with E-state index in [1.165, 1.54) is 6.92 Å². The van der Waals surface area contributed by atoms with Gasteiger partial charge in [0.25, 0.3) is 5.91 Å². The maximum Gasteiger partial charge on any atom is 0.251 e. The number of carbonyl (C=O) groups excluding carboxylic acids is 2. The zero-order valence-electron chi connectivity index (χ0n) is 12.0. The lowest BCUT2D eigenvalue weighted by Crippen LogP contribution is -2.54. The number of nitrogens with one attached hydrogen (secondary N) is 2. The van der Waals surface area contributed by atoms with E-state index in [2.05, 4.69) is 10.6 Å². The summed E-state index contributed by atoms with van der Waals surface area (Å²) in [5.74, 6) is -0.394. The lowest BCUT2D eigenvalue weighted by Gasteiger charge is -2.36. The summed E-state index contributed by atoms with van der Waals surface area (Å²) in [6.45, 7) is 2.38. The van der Waals surface area contributed by atoms with Gasteiger partial charge in [0.15, 0.2) is 0 Å². The van der Waals surface area contributed by atoms with Gasteiger partial charge in [-0.05, 0) is 37.1 Å². The van der Waals surface area contributed by atoms with Crippen molar-refractivity contribution in [3.05, 3.63) is 29.8 Å². The molecule has 0 radical (unpaired) electrons. The number of aliphatic hydroxyl groups excluding tert-OH is 1. The molecule has 6 nitrogen and oxygen atoms in total. The van der Waals surface area contributed by atoms with Gasteiger partial charge in [-0.3, -0.25) is 9.59 Å². The Bertz CT molecular complexity index is 507. The van der Waals surface area contributed by atoms with E-state index in [0.717, 1.165) is 0 Å². The molecule has 1 aliphatic rings. The second kappa shape index (κ2) is 6.69. The van der Waals surface area contributed by atoms with Crippen LogP contribution in [-0.2, 0) is 9.53 Å². The molecule has 0 aromatic heterocycles. The third-order valence-corrected chi connectivity index (χ3v) is 3.60. The number of aliphatic hydroxyl groups is 1. The fourth-order valence-electron chi connectivity index (χ4n) is 2.31. The molecule has 2 rings (SSSR count). The van der Waals surface area contributed by atoms with Gasteiger partial charge in [-0.25, -0.2) is 0 Å². The van der Waals surface area contributed by atoms with Crippen molar-refractivity contribution in [3.8, 4) is 0 Å². The Morgan fingerprint density at radius 1 is 1.24 bits per heavy atom. The van der Waals surface area contributed by atoms with Gasteiger partial charge in [0.1, 0.15) is 0 Å². The second-order valence-electron chi connectivity index (χ2n) is 5.26. The van der Waals surface area contributed by atoms with E-state index in [1.807, 2.05) is 0 Å². The second-order valence-corrected chi connectivity index (χ2v) is 5.26. The zero-order chi connectivity index (χ0) is 15.3. The number of rotatable bonds is 4. The van der Waals surface area contributed by atoms with Crippen molar-refractivity contribution in [1.29, 1.82) is 0 Å². The highest BCUT2D eigenvalue weighted by Gasteiger charge is 2.33. The normalized spacial score (nSPS) is 17.0. The van der Waals surface area contributed by atoms with Crippen molar-refractivity contribution in [1.82, 2.24) is 5.32 Å². The Kier molecular flexibility index (Phi) is 4.93. The molecule has 1 aromatic carbocycles. The summed E-state index contributed by atoms with van der Waals surface area (Å²) in [7, 11) is 0. The highest BCUT2D eigenvalue weighted by atomic mass is 16.5. The molecule has 1 aromatic rings. The van der Waals surface area contributed by atoms with Crippen LogP contribution in [0.2, 0.25) is 0 Å². The van der Waals surface area contributed by atoms with Crippen LogP contribution in [0.3, 0.4) is 0 Å². The molecular weight excluding hydrogens is 272 g/mol. The summed E-state index contributed by atoms with van der Waals surface area (Å²) in [6, 6.07) is 6.63. The number of hydrogen-bond acceptors (Lipinski definition) is 4. The lowest BCUT2D eigenvalue weighted by molar-refractivity contribution is -0.114. The molecule has 0 saturated carbocycles. The molecular formula is C15H20N2O4. The van der Waals surface area contributed by atoms with Gasteiger partial charge in [-0.1, -0.05) is 0 Å². The molecule has 1 saturated heterocycles. The standard InChI is InChI=1S/C15H20N2O4/c1-11(19)16-13-4-2-12(3-5-13)14(20)17-15(10-18)6-8-21-9-7-15/h2-5,18H,6-10H2,1H3,(H,16,19)(H,17,20). The number of benzene rings is 1. The fraction of sp³-hybridized carbons (Fsp3) is 0.467. The van der Waals surface area contributed by atoms with E-state index in [1.54, 1.807) is 24.3 Å². The van der Waals surface area contributed by atoms with Gasteiger partial charge >= 0.3 is 0 Å². The van der Waals surface area contributed by atoms with Gasteiger partial charge in [-0.15, -0.1) is 0 Å². The summed E-state index contributed by atoms with van der Waals surface area (Å²) in [5, 5.41) is 15.1. The van der Waals surface area contributed by atoms with E-state index < -0.39 is 5.54 Å². The van der Waals surface area contributed by atoms with Crippen LogP contribution in [0.4, 0.5) is 5.69 Å². The molecule has 6 heteroatoms. The smallest absolute Gasteiger partial charge is 0.251 e. The summed E-state index contributed by atoms with van der Waals surface area (Å²) >= 11 is 0. The first-order chi connectivity index (χ1) is 10.0. The Labute approximate surface area is 123 Å². The number of ether oxygens (including phenoxy) is 1. The summed E-state index contributed by atoms with van der Waals surface area (Å²) in [4.78, 5) is 23.2. The Hall–Kier alpha value is -1.92. The largest absolute Gasteiger partial charge is 0.394 e. The first kappa shape index (κ1) is 15.5. The highest BCUT2D eigenvalue weighted by Crippen LogP contribution is 2.21. The van der Waals surface area contributed by atoms with Crippen LogP contribution in [0.15, 0.2) is 24.3 Å². The third kappa shape index (κ3) is 4.03. The van der Waals surface area contributed by atoms with Crippen LogP contribution in [0.1, 0.15) is 30.1 Å². The van der Waals surface area contributed by atoms with Gasteiger partial charge in [-0.2, -0.15) is 0 Å². The molecule has 1 fully saturated rings. The van der Waals surface area contributed by atoms with E-state index in [-0.39, 0.29) is 18.4 Å². The van der Waals surface area contributed by atoms with Crippen LogP contribution in [0, 0.1) is 0 Å². The Balaban J connectivity index is 2.03. The molecule has 0 aliphatic carbocycles. The lowest BCUT2D eigenvalue weighted by atomic mass is 9.90. The topological polar surface area (TPSA) is 87.7 Å². The van der Waals surface area contributed by atoms with E-state index in [0.29, 0.717) is 37.3 Å². The molecule has 0 atom stereocenters. The van der Waals surface area contributed by atoms with Gasteiger partial charge in [0.05, 0.1) is 12.1 Å². The summed E-state index contributed by atoms with van der Waals surface area (Å²) in [5.41, 5.74) is 0.524. The average Bonchev–Trinajstić information content (AvgIpc) is 2.48. The average molecular weight is 292 g/mol. The molecule has 1 heterocycles. The minimum atomic E-state index is -0.606. The van der Waals surface area contributed by atoms with E-state index in [9.17, 15) is 14.7 Å². The molecule has 0 unspecified atom stereocenters. The van der Waals surface area contributed by atoms with Crippen LogP contribution in [-0.4, -0.2) is 42.3 Å². The van der Waals surface area contributed by atoms with Crippen molar-refractivity contribution in [2.75, 3.05) is 25.1 Å². The number of hydrogen-bond donors (Lipinski definition) is 3. The zero-order valence-corrected chi connectivity index (χ0v) is 12.0. The van der Waals surface area contributed by atoms with Crippen molar-refractivity contribution >= 4 is 17.5 Å². The maximum atomic E-state index is 12.3. The minimum Gasteiger partial charge on any atom is -0.394 e. The Morgan fingerprint density at radius 2 is 1.86 bits per heavy atom. The van der Waals surface area contributed by atoms with Gasteiger partial charge < -0.3 is 20.5 Å². The Morgan fingerprint density at radius 3 is 2.38 bits per heavy atom. The third-order valence-electron chi connectivity index (χ3n) is 3.60. The molecule has 3 N–H and O–H groups in total. The predicted molar refractivity (Wildman–Crippen MR) is 78.1 cm³/mol. The molecule has 21 heavy (non-hydrogen) atoms. The predicted octanol–water partition coefficient (Wildman–Crippen LogP) is 0.916. The van der Waals surface area contributed by atoms with Crippen molar-refractivity contribution < 1.29 is 19.4 Å². The van der Waals surface area contributed by atoms with E-state index >= 15 is 0 Å². The van der Waals surface area contributed by atoms with Crippen LogP contribution in [0.5, 0.6) is 0 Å². The quantitative estimate of drug-likeness (QED) is 0.770. The first-order valence-electron chi connectivity index (χ1n) is 6.93. The van der Waals surface area contributed by atoms with Crippen LogP contribution < -0.4 is 10.6 Å². The number of carbonyl (C=O) groups is 2. The SMILES string of the molecule is CC(=O)Nc1ccc(C(=O)NC2(CO)CCOCC2)cc1. The monoisotopic (exact) mass is 292 g/mol. The molecule has 2 amide bonds. The van der Waals surface area contributed by atoms with Crippen molar-refractivity contribution in [2.45, 2.75) is 25.3 Å². The van der Waals surface area contributed by atoms with Crippen molar-refractivity contribution in [3.63, 3.8) is 0 Å². The molecule has 0 bridgehead atoms. The molecule has 0 spiro atoms. The van der Waals surface area contributed by atoms with Crippen LogP contribution >= 0.6 is 0 Å². The molecule has 1 aliphatic heterocycles.